The van der Waals surface area contributed by atoms with Crippen LogP contribution in [0.3, 0.4) is 0 Å². The second-order valence-electron chi connectivity index (χ2n) is 7.22. The first-order valence-corrected chi connectivity index (χ1v) is 10.0. The number of hydrogen-bond acceptors (Lipinski definition) is 3. The lowest BCUT2D eigenvalue weighted by atomic mass is 10.1. The van der Waals surface area contributed by atoms with Gasteiger partial charge in [-0.15, -0.1) is 0 Å². The van der Waals surface area contributed by atoms with Crippen LogP contribution in [0, 0.1) is 0 Å². The summed E-state index contributed by atoms with van der Waals surface area (Å²) in [5, 5.41) is 2.93. The first-order chi connectivity index (χ1) is 14.0. The lowest BCUT2D eigenvalue weighted by Crippen LogP contribution is -2.50. The van der Waals surface area contributed by atoms with Crippen molar-refractivity contribution in [3.63, 3.8) is 0 Å². The van der Waals surface area contributed by atoms with Gasteiger partial charge in [0.2, 0.25) is 5.91 Å². The van der Waals surface area contributed by atoms with E-state index in [0.717, 1.165) is 12.8 Å². The summed E-state index contributed by atoms with van der Waals surface area (Å²) in [4.78, 5) is 40.1. The predicted molar refractivity (Wildman–Crippen MR) is 112 cm³/mol. The molecule has 2 aromatic rings. The Bertz CT molecular complexity index is 859. The Kier molecular flexibility index (Phi) is 7.00. The number of carbonyl (C=O) groups excluding carboxylic acids is 3. The number of amides is 3. The van der Waals surface area contributed by atoms with E-state index in [0.29, 0.717) is 43.9 Å². The third kappa shape index (κ3) is 5.67. The second kappa shape index (κ2) is 9.87. The van der Waals surface area contributed by atoms with E-state index < -0.39 is 0 Å². The highest BCUT2D eigenvalue weighted by molar-refractivity contribution is 5.99. The van der Waals surface area contributed by atoms with Crippen molar-refractivity contribution in [1.82, 2.24) is 15.1 Å². The highest BCUT2D eigenvalue weighted by Crippen LogP contribution is 2.12. The molecule has 1 aliphatic heterocycles. The molecule has 1 saturated heterocycles. The molecular weight excluding hydrogens is 366 g/mol. The highest BCUT2D eigenvalue weighted by atomic mass is 16.2. The summed E-state index contributed by atoms with van der Waals surface area (Å²) in [6, 6.07) is 17.0. The summed E-state index contributed by atoms with van der Waals surface area (Å²) >= 11 is 0. The van der Waals surface area contributed by atoms with Gasteiger partial charge in [-0.05, 0) is 36.6 Å². The molecule has 0 bridgehead atoms. The SMILES string of the molecule is CC(=O)N1CCN(C(=O)c2cccc(C(=O)NCCCc3ccccc3)c2)CC1. The lowest BCUT2D eigenvalue weighted by Gasteiger charge is -2.34. The van der Waals surface area contributed by atoms with Crippen LogP contribution >= 0.6 is 0 Å². The molecule has 3 rings (SSSR count). The normalized spacial score (nSPS) is 13.8. The minimum absolute atomic E-state index is 0.0306. The Labute approximate surface area is 171 Å². The molecule has 0 aliphatic carbocycles. The van der Waals surface area contributed by atoms with Gasteiger partial charge in [0, 0.05) is 50.8 Å². The number of carbonyl (C=O) groups is 3. The van der Waals surface area contributed by atoms with E-state index in [4.69, 9.17) is 0 Å². The number of aryl methyl sites for hydroxylation is 1. The number of hydrogen-bond donors (Lipinski definition) is 1. The smallest absolute Gasteiger partial charge is 0.253 e. The Hall–Kier alpha value is -3.15. The first kappa shape index (κ1) is 20.6. The van der Waals surface area contributed by atoms with Crippen LogP contribution in [0.25, 0.3) is 0 Å². The Morgan fingerprint density at radius 2 is 1.52 bits per heavy atom. The molecule has 1 N–H and O–H groups in total. The highest BCUT2D eigenvalue weighted by Gasteiger charge is 2.23. The van der Waals surface area contributed by atoms with Crippen molar-refractivity contribution in [2.75, 3.05) is 32.7 Å². The van der Waals surface area contributed by atoms with E-state index in [1.54, 1.807) is 41.0 Å². The van der Waals surface area contributed by atoms with E-state index in [-0.39, 0.29) is 17.7 Å². The van der Waals surface area contributed by atoms with Crippen molar-refractivity contribution in [2.45, 2.75) is 19.8 Å². The lowest BCUT2D eigenvalue weighted by molar-refractivity contribution is -0.130. The van der Waals surface area contributed by atoms with Crippen molar-refractivity contribution in [3.8, 4) is 0 Å². The quantitative estimate of drug-likeness (QED) is 0.766. The summed E-state index contributed by atoms with van der Waals surface area (Å²) < 4.78 is 0. The van der Waals surface area contributed by atoms with Crippen molar-refractivity contribution in [1.29, 1.82) is 0 Å². The van der Waals surface area contributed by atoms with Gasteiger partial charge in [-0.2, -0.15) is 0 Å². The van der Waals surface area contributed by atoms with Crippen molar-refractivity contribution >= 4 is 17.7 Å². The molecule has 2 aromatic carbocycles. The standard InChI is InChI=1S/C23H27N3O3/c1-18(27)25-13-15-26(16-14-25)23(29)21-11-5-10-20(17-21)22(28)24-12-6-9-19-7-3-2-4-8-19/h2-5,7-8,10-11,17H,6,9,12-16H2,1H3,(H,24,28). The molecule has 6 nitrogen and oxygen atoms in total. The largest absolute Gasteiger partial charge is 0.352 e. The summed E-state index contributed by atoms with van der Waals surface area (Å²) in [6.45, 7) is 4.23. The molecule has 1 heterocycles. The van der Waals surface area contributed by atoms with E-state index in [9.17, 15) is 14.4 Å². The predicted octanol–water partition coefficient (Wildman–Crippen LogP) is 2.35. The fourth-order valence-electron chi connectivity index (χ4n) is 3.44. The minimum Gasteiger partial charge on any atom is -0.352 e. The third-order valence-corrected chi connectivity index (χ3v) is 5.15. The number of nitrogens with zero attached hydrogens (tertiary/aromatic N) is 2. The van der Waals surface area contributed by atoms with E-state index >= 15 is 0 Å². The zero-order valence-corrected chi connectivity index (χ0v) is 16.8. The monoisotopic (exact) mass is 393 g/mol. The fraction of sp³-hybridized carbons (Fsp3) is 0.348. The van der Waals surface area contributed by atoms with Gasteiger partial charge >= 0.3 is 0 Å². The molecule has 0 unspecified atom stereocenters. The molecule has 0 radical (unpaired) electrons. The third-order valence-electron chi connectivity index (χ3n) is 5.15. The first-order valence-electron chi connectivity index (χ1n) is 10.0. The van der Waals surface area contributed by atoms with E-state index in [1.165, 1.54) is 5.56 Å². The fourth-order valence-corrected chi connectivity index (χ4v) is 3.44. The van der Waals surface area contributed by atoms with Crippen LogP contribution in [0.15, 0.2) is 54.6 Å². The Balaban J connectivity index is 1.51. The minimum atomic E-state index is -0.172. The number of rotatable bonds is 6. The number of nitrogens with one attached hydrogen (secondary N) is 1. The zero-order valence-electron chi connectivity index (χ0n) is 16.8. The topological polar surface area (TPSA) is 69.7 Å². The summed E-state index contributed by atoms with van der Waals surface area (Å²) in [7, 11) is 0. The van der Waals surface area contributed by atoms with Gasteiger partial charge < -0.3 is 15.1 Å². The van der Waals surface area contributed by atoms with Gasteiger partial charge in [-0.1, -0.05) is 36.4 Å². The van der Waals surface area contributed by atoms with Gasteiger partial charge in [0.05, 0.1) is 0 Å². The molecule has 0 saturated carbocycles. The molecule has 1 fully saturated rings. The summed E-state index contributed by atoms with van der Waals surface area (Å²) in [5.41, 5.74) is 2.23. The van der Waals surface area contributed by atoms with Gasteiger partial charge in [-0.25, -0.2) is 0 Å². The zero-order chi connectivity index (χ0) is 20.6. The van der Waals surface area contributed by atoms with Crippen molar-refractivity contribution in [2.24, 2.45) is 0 Å². The van der Waals surface area contributed by atoms with Crippen LogP contribution in [0.1, 0.15) is 39.6 Å². The van der Waals surface area contributed by atoms with Gasteiger partial charge in [0.1, 0.15) is 0 Å². The van der Waals surface area contributed by atoms with Crippen molar-refractivity contribution < 1.29 is 14.4 Å². The molecule has 0 atom stereocenters. The average Bonchev–Trinajstić information content (AvgIpc) is 2.77. The molecule has 152 valence electrons. The van der Waals surface area contributed by atoms with Crippen LogP contribution in [0.4, 0.5) is 0 Å². The van der Waals surface area contributed by atoms with Gasteiger partial charge in [0.15, 0.2) is 0 Å². The van der Waals surface area contributed by atoms with E-state index in [2.05, 4.69) is 17.4 Å². The van der Waals surface area contributed by atoms with Crippen LogP contribution in [-0.4, -0.2) is 60.2 Å². The van der Waals surface area contributed by atoms with Crippen LogP contribution in [0.2, 0.25) is 0 Å². The molecule has 1 aliphatic rings. The average molecular weight is 393 g/mol. The second-order valence-corrected chi connectivity index (χ2v) is 7.22. The maximum Gasteiger partial charge on any atom is 0.253 e. The van der Waals surface area contributed by atoms with Crippen molar-refractivity contribution in [3.05, 3.63) is 71.3 Å². The summed E-state index contributed by atoms with van der Waals surface area (Å²) in [6.07, 6.45) is 1.76. The Morgan fingerprint density at radius 3 is 2.21 bits per heavy atom. The number of piperazine rings is 1. The van der Waals surface area contributed by atoms with Gasteiger partial charge in [0.25, 0.3) is 11.8 Å². The number of benzene rings is 2. The van der Waals surface area contributed by atoms with E-state index in [1.807, 2.05) is 18.2 Å². The maximum atomic E-state index is 12.8. The van der Waals surface area contributed by atoms with Crippen LogP contribution in [0.5, 0.6) is 0 Å². The molecule has 0 aromatic heterocycles. The molecule has 6 heteroatoms. The Morgan fingerprint density at radius 1 is 0.862 bits per heavy atom. The molecule has 3 amide bonds. The molecular formula is C23H27N3O3. The van der Waals surface area contributed by atoms with Gasteiger partial charge in [-0.3, -0.25) is 14.4 Å². The van der Waals surface area contributed by atoms with Crippen LogP contribution < -0.4 is 5.32 Å². The van der Waals surface area contributed by atoms with Crippen LogP contribution in [-0.2, 0) is 11.2 Å². The summed E-state index contributed by atoms with van der Waals surface area (Å²) in [5.74, 6) is -0.246. The molecule has 0 spiro atoms. The maximum absolute atomic E-state index is 12.8. The molecule has 29 heavy (non-hydrogen) atoms.